The van der Waals surface area contributed by atoms with Crippen molar-refractivity contribution >= 4 is 21.5 Å². The van der Waals surface area contributed by atoms with E-state index >= 15 is 0 Å². The molecule has 0 bridgehead atoms. The Morgan fingerprint density at radius 2 is 1.81 bits per heavy atom. The minimum atomic E-state index is -3.38. The molecule has 3 aromatic rings. The van der Waals surface area contributed by atoms with Crippen molar-refractivity contribution in [1.29, 1.82) is 0 Å². The lowest BCUT2D eigenvalue weighted by molar-refractivity contribution is 0.569. The molecule has 1 aromatic carbocycles. The SMILES string of the molecule is Cc1nc2ccc(NCc3ccccc3CS(=O)(=O)NC(C)C)nn2n1. The van der Waals surface area contributed by atoms with E-state index in [1.807, 2.05) is 43.3 Å². The Labute approximate surface area is 152 Å². The fraction of sp³-hybridized carbons (Fsp3) is 0.353. The number of hydrogen-bond acceptors (Lipinski definition) is 6. The molecule has 0 saturated carbocycles. The summed E-state index contributed by atoms with van der Waals surface area (Å²) in [7, 11) is -3.38. The molecule has 9 heteroatoms. The van der Waals surface area contributed by atoms with E-state index in [4.69, 9.17) is 0 Å². The van der Waals surface area contributed by atoms with Crippen molar-refractivity contribution < 1.29 is 8.42 Å². The van der Waals surface area contributed by atoms with Crippen LogP contribution in [0.3, 0.4) is 0 Å². The number of anilines is 1. The number of sulfonamides is 1. The van der Waals surface area contributed by atoms with Gasteiger partial charge in [-0.25, -0.2) is 18.1 Å². The molecule has 0 aliphatic rings. The van der Waals surface area contributed by atoms with Crippen LogP contribution in [0.15, 0.2) is 36.4 Å². The third kappa shape index (κ3) is 4.55. The minimum absolute atomic E-state index is 0.0578. The second-order valence-corrected chi connectivity index (χ2v) is 8.13. The van der Waals surface area contributed by atoms with Crippen LogP contribution in [-0.4, -0.2) is 34.3 Å². The quantitative estimate of drug-likeness (QED) is 0.655. The first kappa shape index (κ1) is 18.3. The maximum Gasteiger partial charge on any atom is 0.216 e. The summed E-state index contributed by atoms with van der Waals surface area (Å²) in [4.78, 5) is 4.24. The van der Waals surface area contributed by atoms with Gasteiger partial charge in [0.15, 0.2) is 5.65 Å². The standard InChI is InChI=1S/C17H22N6O2S/c1-12(2)22-26(24,25)11-15-7-5-4-6-14(15)10-18-16-8-9-17-19-13(3)20-23(17)21-16/h4-9,12,22H,10-11H2,1-3H3,(H,18,21). The van der Waals surface area contributed by atoms with E-state index in [1.165, 1.54) is 4.63 Å². The van der Waals surface area contributed by atoms with Gasteiger partial charge in [0.25, 0.3) is 0 Å². The van der Waals surface area contributed by atoms with Crippen LogP contribution in [0.25, 0.3) is 5.65 Å². The summed E-state index contributed by atoms with van der Waals surface area (Å²) in [5.74, 6) is 1.24. The van der Waals surface area contributed by atoms with E-state index in [9.17, 15) is 8.42 Å². The van der Waals surface area contributed by atoms with E-state index in [2.05, 4.69) is 25.2 Å². The van der Waals surface area contributed by atoms with Crippen LogP contribution in [-0.2, 0) is 22.3 Å². The van der Waals surface area contributed by atoms with Gasteiger partial charge >= 0.3 is 0 Å². The third-order valence-corrected chi connectivity index (χ3v) is 5.17. The summed E-state index contributed by atoms with van der Waals surface area (Å²) >= 11 is 0. The lowest BCUT2D eigenvalue weighted by Crippen LogP contribution is -2.31. The van der Waals surface area contributed by atoms with Crippen molar-refractivity contribution in [3.63, 3.8) is 0 Å². The van der Waals surface area contributed by atoms with Crippen molar-refractivity contribution in [2.24, 2.45) is 0 Å². The van der Waals surface area contributed by atoms with Crippen LogP contribution >= 0.6 is 0 Å². The number of aryl methyl sites for hydroxylation is 1. The van der Waals surface area contributed by atoms with Gasteiger partial charge in [0.1, 0.15) is 11.6 Å². The first-order valence-electron chi connectivity index (χ1n) is 8.34. The van der Waals surface area contributed by atoms with Crippen LogP contribution in [0.4, 0.5) is 5.82 Å². The highest BCUT2D eigenvalue weighted by Gasteiger charge is 2.15. The predicted molar refractivity (Wildman–Crippen MR) is 100 cm³/mol. The molecule has 0 aliphatic heterocycles. The highest BCUT2D eigenvalue weighted by Crippen LogP contribution is 2.15. The summed E-state index contributed by atoms with van der Waals surface area (Å²) in [6.07, 6.45) is 0. The highest BCUT2D eigenvalue weighted by molar-refractivity contribution is 7.88. The zero-order valence-electron chi connectivity index (χ0n) is 15.0. The topological polar surface area (TPSA) is 101 Å². The summed E-state index contributed by atoms with van der Waals surface area (Å²) in [5.41, 5.74) is 2.34. The Balaban J connectivity index is 1.75. The summed E-state index contributed by atoms with van der Waals surface area (Å²) in [6, 6.07) is 11.0. The molecule has 0 radical (unpaired) electrons. The van der Waals surface area contributed by atoms with E-state index in [1.54, 1.807) is 13.8 Å². The number of nitrogens with one attached hydrogen (secondary N) is 2. The molecule has 0 spiro atoms. The van der Waals surface area contributed by atoms with Gasteiger partial charge in [-0.05, 0) is 44.0 Å². The fourth-order valence-electron chi connectivity index (χ4n) is 2.64. The van der Waals surface area contributed by atoms with Crippen molar-refractivity contribution in [2.75, 3.05) is 5.32 Å². The molecule has 0 unspecified atom stereocenters. The lowest BCUT2D eigenvalue weighted by Gasteiger charge is -2.13. The number of rotatable bonds is 7. The average molecular weight is 374 g/mol. The van der Waals surface area contributed by atoms with Gasteiger partial charge in [0.2, 0.25) is 10.0 Å². The Morgan fingerprint density at radius 3 is 2.54 bits per heavy atom. The molecule has 0 fully saturated rings. The number of fused-ring (bicyclic) bond motifs is 1. The normalized spacial score (nSPS) is 12.0. The van der Waals surface area contributed by atoms with Gasteiger partial charge in [-0.2, -0.15) is 0 Å². The van der Waals surface area contributed by atoms with Crippen LogP contribution < -0.4 is 10.0 Å². The van der Waals surface area contributed by atoms with Crippen molar-refractivity contribution in [1.82, 2.24) is 24.5 Å². The average Bonchev–Trinajstić information content (AvgIpc) is 2.91. The molecule has 0 amide bonds. The number of nitrogens with zero attached hydrogens (tertiary/aromatic N) is 4. The first-order chi connectivity index (χ1) is 12.3. The van der Waals surface area contributed by atoms with E-state index in [0.717, 1.165) is 11.1 Å². The Morgan fingerprint density at radius 1 is 1.08 bits per heavy atom. The number of aromatic nitrogens is 4. The lowest BCUT2D eigenvalue weighted by atomic mass is 10.1. The van der Waals surface area contributed by atoms with Crippen molar-refractivity contribution in [2.45, 2.75) is 39.1 Å². The molecule has 2 heterocycles. The summed E-state index contributed by atoms with van der Waals surface area (Å²) in [5, 5.41) is 11.8. The Kier molecular flexibility index (Phi) is 5.19. The van der Waals surface area contributed by atoms with Gasteiger partial charge in [-0.15, -0.1) is 14.8 Å². The number of benzene rings is 1. The van der Waals surface area contributed by atoms with Crippen molar-refractivity contribution in [3.8, 4) is 0 Å². The van der Waals surface area contributed by atoms with Gasteiger partial charge < -0.3 is 5.32 Å². The van der Waals surface area contributed by atoms with E-state index in [-0.39, 0.29) is 11.8 Å². The van der Waals surface area contributed by atoms with E-state index in [0.29, 0.717) is 23.8 Å². The molecule has 0 atom stereocenters. The Bertz CT molecular complexity index is 1010. The molecule has 26 heavy (non-hydrogen) atoms. The molecular weight excluding hydrogens is 352 g/mol. The molecule has 0 saturated heterocycles. The molecule has 2 N–H and O–H groups in total. The second kappa shape index (κ2) is 7.38. The van der Waals surface area contributed by atoms with E-state index < -0.39 is 10.0 Å². The van der Waals surface area contributed by atoms with Gasteiger partial charge in [-0.1, -0.05) is 24.3 Å². The van der Waals surface area contributed by atoms with Gasteiger partial charge in [0.05, 0.1) is 5.75 Å². The molecule has 0 aliphatic carbocycles. The van der Waals surface area contributed by atoms with Gasteiger partial charge in [-0.3, -0.25) is 0 Å². The largest absolute Gasteiger partial charge is 0.364 e. The summed E-state index contributed by atoms with van der Waals surface area (Å²) < 4.78 is 28.5. The zero-order chi connectivity index (χ0) is 18.7. The first-order valence-corrected chi connectivity index (χ1v) is 9.99. The molecule has 8 nitrogen and oxygen atoms in total. The Hall–Kier alpha value is -2.52. The van der Waals surface area contributed by atoms with Crippen LogP contribution in [0, 0.1) is 6.92 Å². The highest BCUT2D eigenvalue weighted by atomic mass is 32.2. The second-order valence-electron chi connectivity index (χ2n) is 6.38. The monoisotopic (exact) mass is 374 g/mol. The molecule has 2 aromatic heterocycles. The van der Waals surface area contributed by atoms with Crippen molar-refractivity contribution in [3.05, 3.63) is 53.3 Å². The molecule has 3 rings (SSSR count). The summed E-state index contributed by atoms with van der Waals surface area (Å²) in [6.45, 7) is 5.88. The zero-order valence-corrected chi connectivity index (χ0v) is 15.8. The minimum Gasteiger partial charge on any atom is -0.364 e. The maximum atomic E-state index is 12.2. The molecule has 138 valence electrons. The third-order valence-electron chi connectivity index (χ3n) is 3.65. The van der Waals surface area contributed by atoms with Crippen LogP contribution in [0.5, 0.6) is 0 Å². The fourth-order valence-corrected chi connectivity index (χ4v) is 4.14. The van der Waals surface area contributed by atoms with Gasteiger partial charge in [0, 0.05) is 12.6 Å². The van der Waals surface area contributed by atoms with Crippen LogP contribution in [0.2, 0.25) is 0 Å². The number of hydrogen-bond donors (Lipinski definition) is 2. The maximum absolute atomic E-state index is 12.2. The predicted octanol–water partition coefficient (Wildman–Crippen LogP) is 1.87. The van der Waals surface area contributed by atoms with Crippen LogP contribution in [0.1, 0.15) is 30.8 Å². The smallest absolute Gasteiger partial charge is 0.216 e. The molecular formula is C17H22N6O2S.